The molecule has 4 rings (SSSR count). The van der Waals surface area contributed by atoms with Crippen molar-refractivity contribution in [1.82, 2.24) is 20.0 Å². The molecule has 0 aliphatic rings. The predicted molar refractivity (Wildman–Crippen MR) is 103 cm³/mol. The van der Waals surface area contributed by atoms with Crippen LogP contribution in [0.1, 0.15) is 6.92 Å². The van der Waals surface area contributed by atoms with Gasteiger partial charge in [-0.05, 0) is 13.0 Å². The fourth-order valence-corrected chi connectivity index (χ4v) is 3.10. The molecule has 5 nitrogen and oxygen atoms in total. The molecule has 0 bridgehead atoms. The lowest BCUT2D eigenvalue weighted by Crippen LogP contribution is -2.06. The summed E-state index contributed by atoms with van der Waals surface area (Å²) in [5.41, 5.74) is 5.31. The van der Waals surface area contributed by atoms with Crippen LogP contribution in [0.3, 0.4) is 0 Å². The van der Waals surface area contributed by atoms with E-state index in [9.17, 15) is 4.79 Å². The minimum Gasteiger partial charge on any atom is -0.268 e. The average Bonchev–Trinajstić information content (AvgIpc) is 3.09. The Hall–Kier alpha value is -3.47. The molecule has 0 saturated carbocycles. The van der Waals surface area contributed by atoms with Crippen LogP contribution in [0.4, 0.5) is 0 Å². The second-order valence-corrected chi connectivity index (χ2v) is 5.93. The Bertz CT molecular complexity index is 1060. The van der Waals surface area contributed by atoms with Gasteiger partial charge in [-0.2, -0.15) is 10.2 Å². The number of H-pyrrole nitrogens is 1. The number of hydrogen-bond acceptors (Lipinski definition) is 3. The summed E-state index contributed by atoms with van der Waals surface area (Å²) in [5, 5.41) is 11.7. The summed E-state index contributed by atoms with van der Waals surface area (Å²) < 4.78 is 1.99. The van der Waals surface area contributed by atoms with Gasteiger partial charge in [0.25, 0.3) is 5.56 Å². The Morgan fingerprint density at radius 2 is 1.54 bits per heavy atom. The van der Waals surface area contributed by atoms with Crippen molar-refractivity contribution in [2.24, 2.45) is 0 Å². The molecular formula is C21H18N4O. The van der Waals surface area contributed by atoms with Crippen molar-refractivity contribution in [1.29, 1.82) is 0 Å². The fourth-order valence-electron chi connectivity index (χ4n) is 3.10. The first-order valence-corrected chi connectivity index (χ1v) is 8.55. The Morgan fingerprint density at radius 1 is 0.885 bits per heavy atom. The van der Waals surface area contributed by atoms with Crippen LogP contribution in [0.15, 0.2) is 77.6 Å². The van der Waals surface area contributed by atoms with Gasteiger partial charge in [-0.15, -0.1) is 0 Å². The largest absolute Gasteiger partial charge is 0.268 e. The molecule has 0 radical (unpaired) electrons. The standard InChI is InChI=1S/C21H18N4O/c1-2-25-21(16-11-7-4-8-12-16)19(17-13-14-18(26)23-22-17)20(24-25)15-9-5-3-6-10-15/h3-14H,2H2,1H3,(H,23,26). The van der Waals surface area contributed by atoms with Gasteiger partial charge >= 0.3 is 0 Å². The highest BCUT2D eigenvalue weighted by atomic mass is 16.1. The summed E-state index contributed by atoms with van der Waals surface area (Å²) in [6.45, 7) is 2.80. The Balaban J connectivity index is 2.06. The molecule has 26 heavy (non-hydrogen) atoms. The van der Waals surface area contributed by atoms with Gasteiger partial charge in [-0.25, -0.2) is 5.10 Å². The van der Waals surface area contributed by atoms with Gasteiger partial charge in [0.05, 0.1) is 17.0 Å². The van der Waals surface area contributed by atoms with Gasteiger partial charge in [-0.3, -0.25) is 9.48 Å². The Morgan fingerprint density at radius 3 is 2.12 bits per heavy atom. The quantitative estimate of drug-likeness (QED) is 0.610. The molecule has 0 spiro atoms. The normalized spacial score (nSPS) is 10.8. The van der Waals surface area contributed by atoms with Crippen molar-refractivity contribution in [2.45, 2.75) is 13.5 Å². The first kappa shape index (κ1) is 16.0. The third-order valence-electron chi connectivity index (χ3n) is 4.28. The van der Waals surface area contributed by atoms with Gasteiger partial charge in [-0.1, -0.05) is 60.7 Å². The van der Waals surface area contributed by atoms with Gasteiger partial charge in [0, 0.05) is 23.7 Å². The molecule has 4 aromatic rings. The molecule has 0 amide bonds. The van der Waals surface area contributed by atoms with Gasteiger partial charge in [0.1, 0.15) is 5.69 Å². The number of aromatic amines is 1. The van der Waals surface area contributed by atoms with Crippen LogP contribution < -0.4 is 5.56 Å². The summed E-state index contributed by atoms with van der Waals surface area (Å²) in [6, 6.07) is 23.4. The van der Waals surface area contributed by atoms with Crippen molar-refractivity contribution >= 4 is 0 Å². The number of rotatable bonds is 4. The second-order valence-electron chi connectivity index (χ2n) is 5.93. The van der Waals surface area contributed by atoms with Crippen LogP contribution in [0.25, 0.3) is 33.8 Å². The molecule has 2 heterocycles. The second kappa shape index (κ2) is 6.80. The van der Waals surface area contributed by atoms with Crippen molar-refractivity contribution in [3.63, 3.8) is 0 Å². The van der Waals surface area contributed by atoms with Gasteiger partial charge in [0.15, 0.2) is 0 Å². The van der Waals surface area contributed by atoms with Crippen LogP contribution in [-0.2, 0) is 6.54 Å². The van der Waals surface area contributed by atoms with Crippen molar-refractivity contribution in [3.05, 3.63) is 83.2 Å². The zero-order valence-electron chi connectivity index (χ0n) is 14.4. The number of hydrogen-bond donors (Lipinski definition) is 1. The molecule has 0 aliphatic heterocycles. The maximum absolute atomic E-state index is 11.5. The highest BCUT2D eigenvalue weighted by Crippen LogP contribution is 2.38. The summed E-state index contributed by atoms with van der Waals surface area (Å²) in [4.78, 5) is 11.5. The van der Waals surface area contributed by atoms with Crippen LogP contribution in [0.2, 0.25) is 0 Å². The zero-order chi connectivity index (χ0) is 17.9. The topological polar surface area (TPSA) is 63.6 Å². The van der Waals surface area contributed by atoms with E-state index in [0.717, 1.165) is 34.6 Å². The van der Waals surface area contributed by atoms with E-state index in [2.05, 4.69) is 29.3 Å². The van der Waals surface area contributed by atoms with E-state index in [0.29, 0.717) is 5.69 Å². The third-order valence-corrected chi connectivity index (χ3v) is 4.28. The number of benzene rings is 2. The number of nitrogens with zero attached hydrogens (tertiary/aromatic N) is 3. The third kappa shape index (κ3) is 2.84. The van der Waals surface area contributed by atoms with Crippen LogP contribution >= 0.6 is 0 Å². The van der Waals surface area contributed by atoms with E-state index in [1.807, 2.05) is 53.2 Å². The number of aromatic nitrogens is 4. The smallest absolute Gasteiger partial charge is 0.264 e. The van der Waals surface area contributed by atoms with Crippen molar-refractivity contribution < 1.29 is 0 Å². The molecule has 2 aromatic carbocycles. The molecule has 128 valence electrons. The average molecular weight is 342 g/mol. The van der Waals surface area contributed by atoms with Crippen LogP contribution in [0, 0.1) is 0 Å². The molecule has 0 unspecified atom stereocenters. The van der Waals surface area contributed by atoms with Crippen LogP contribution in [0.5, 0.6) is 0 Å². The summed E-state index contributed by atoms with van der Waals surface area (Å²) in [5.74, 6) is 0. The van der Waals surface area contributed by atoms with Gasteiger partial charge < -0.3 is 0 Å². The van der Waals surface area contributed by atoms with E-state index in [-0.39, 0.29) is 5.56 Å². The van der Waals surface area contributed by atoms with Crippen molar-refractivity contribution in [2.75, 3.05) is 0 Å². The fraction of sp³-hybridized carbons (Fsp3) is 0.0952. The predicted octanol–water partition coefficient (Wildman–Crippen LogP) is 3.99. The lowest BCUT2D eigenvalue weighted by molar-refractivity contribution is 0.669. The summed E-state index contributed by atoms with van der Waals surface area (Å²) in [7, 11) is 0. The summed E-state index contributed by atoms with van der Waals surface area (Å²) >= 11 is 0. The molecular weight excluding hydrogens is 324 g/mol. The monoisotopic (exact) mass is 342 g/mol. The lowest BCUT2D eigenvalue weighted by atomic mass is 9.99. The Kier molecular flexibility index (Phi) is 4.19. The molecule has 0 saturated heterocycles. The SMILES string of the molecule is CCn1nc(-c2ccccc2)c(-c2ccc(=O)[nH]n2)c1-c1ccccc1. The first-order chi connectivity index (χ1) is 12.8. The molecule has 1 N–H and O–H groups in total. The van der Waals surface area contributed by atoms with E-state index in [1.165, 1.54) is 6.07 Å². The minimum atomic E-state index is -0.223. The van der Waals surface area contributed by atoms with Crippen LogP contribution in [-0.4, -0.2) is 20.0 Å². The Labute approximate surface area is 151 Å². The molecule has 5 heteroatoms. The highest BCUT2D eigenvalue weighted by Gasteiger charge is 2.22. The molecule has 2 aromatic heterocycles. The van der Waals surface area contributed by atoms with Crippen molar-refractivity contribution in [3.8, 4) is 33.8 Å². The van der Waals surface area contributed by atoms with E-state index in [4.69, 9.17) is 5.10 Å². The van der Waals surface area contributed by atoms with E-state index < -0.39 is 0 Å². The van der Waals surface area contributed by atoms with E-state index >= 15 is 0 Å². The number of nitrogens with one attached hydrogen (secondary N) is 1. The first-order valence-electron chi connectivity index (χ1n) is 8.55. The lowest BCUT2D eigenvalue weighted by Gasteiger charge is -2.08. The minimum absolute atomic E-state index is 0.223. The highest BCUT2D eigenvalue weighted by molar-refractivity contribution is 5.90. The van der Waals surface area contributed by atoms with E-state index in [1.54, 1.807) is 6.07 Å². The number of aryl methyl sites for hydroxylation is 1. The molecule has 0 fully saturated rings. The zero-order valence-corrected chi connectivity index (χ0v) is 14.4. The van der Waals surface area contributed by atoms with Gasteiger partial charge in [0.2, 0.25) is 0 Å². The summed E-state index contributed by atoms with van der Waals surface area (Å²) in [6.07, 6.45) is 0. The molecule has 0 aliphatic carbocycles. The maximum Gasteiger partial charge on any atom is 0.264 e. The maximum atomic E-state index is 11.5. The molecule has 0 atom stereocenters.